The Hall–Kier alpha value is -1.66. The summed E-state index contributed by atoms with van der Waals surface area (Å²) in [6, 6.07) is 6.02. The number of unbranched alkanes of at least 4 members (excludes halogenated alkanes) is 1. The first kappa shape index (κ1) is 10.8. The van der Waals surface area contributed by atoms with Crippen molar-refractivity contribution in [1.82, 2.24) is 0 Å². The van der Waals surface area contributed by atoms with Crippen molar-refractivity contribution in [3.63, 3.8) is 0 Å². The van der Waals surface area contributed by atoms with Crippen molar-refractivity contribution in [3.05, 3.63) is 41.6 Å². The fourth-order valence-electron chi connectivity index (χ4n) is 1.71. The lowest BCUT2D eigenvalue weighted by molar-refractivity contribution is 0.284. The van der Waals surface area contributed by atoms with Crippen LogP contribution in [0.25, 0.3) is 5.76 Å². The lowest BCUT2D eigenvalue weighted by Crippen LogP contribution is -1.97. The van der Waals surface area contributed by atoms with E-state index >= 15 is 0 Å². The number of hydrogen-bond donors (Lipinski definition) is 0. The molecule has 1 aromatic carbocycles. The monoisotopic (exact) mass is 216 g/mol. The Morgan fingerprint density at radius 1 is 1.50 bits per heavy atom. The normalized spacial score (nSPS) is 12.9. The molecule has 0 atom stereocenters. The lowest BCUT2D eigenvalue weighted by atomic mass is 10.1. The Morgan fingerprint density at radius 2 is 2.38 bits per heavy atom. The standard InChI is InChI=1S/C14H16O2/c1-3-5-8-15-12-6-7-13-11(9-12)10-16-14(13)4-2/h6-7,9H,2-3,5,8,10H2,1H3. The largest absolute Gasteiger partial charge is 0.494 e. The van der Waals surface area contributed by atoms with E-state index in [2.05, 4.69) is 19.2 Å². The summed E-state index contributed by atoms with van der Waals surface area (Å²) < 4.78 is 11.1. The van der Waals surface area contributed by atoms with Crippen LogP contribution in [0.1, 0.15) is 30.9 Å². The van der Waals surface area contributed by atoms with Crippen LogP contribution >= 0.6 is 0 Å². The van der Waals surface area contributed by atoms with Crippen molar-refractivity contribution >= 4 is 5.76 Å². The molecule has 2 rings (SSSR count). The van der Waals surface area contributed by atoms with Crippen LogP contribution in [0.3, 0.4) is 0 Å². The van der Waals surface area contributed by atoms with Gasteiger partial charge in [-0.25, -0.2) is 0 Å². The minimum Gasteiger partial charge on any atom is -0.494 e. The molecule has 0 fully saturated rings. The van der Waals surface area contributed by atoms with Crippen molar-refractivity contribution in [2.45, 2.75) is 26.4 Å². The van der Waals surface area contributed by atoms with Crippen molar-refractivity contribution in [3.8, 4) is 5.75 Å². The molecule has 84 valence electrons. The highest BCUT2D eigenvalue weighted by Crippen LogP contribution is 2.31. The van der Waals surface area contributed by atoms with Gasteiger partial charge in [-0.3, -0.25) is 0 Å². The van der Waals surface area contributed by atoms with Crippen molar-refractivity contribution < 1.29 is 9.47 Å². The fourth-order valence-corrected chi connectivity index (χ4v) is 1.71. The molecular weight excluding hydrogens is 200 g/mol. The van der Waals surface area contributed by atoms with Crippen LogP contribution in [-0.4, -0.2) is 6.61 Å². The van der Waals surface area contributed by atoms with E-state index in [0.29, 0.717) is 6.61 Å². The van der Waals surface area contributed by atoms with Gasteiger partial charge in [0.05, 0.1) is 6.61 Å². The van der Waals surface area contributed by atoms with Gasteiger partial charge in [-0.05, 0) is 24.6 Å². The summed E-state index contributed by atoms with van der Waals surface area (Å²) in [5.41, 5.74) is 5.03. The van der Waals surface area contributed by atoms with Crippen molar-refractivity contribution in [2.75, 3.05) is 6.61 Å². The molecule has 0 saturated heterocycles. The molecule has 1 aromatic rings. The first-order valence-electron chi connectivity index (χ1n) is 5.64. The molecule has 1 aliphatic heterocycles. The third kappa shape index (κ3) is 2.12. The summed E-state index contributed by atoms with van der Waals surface area (Å²) in [7, 11) is 0. The van der Waals surface area contributed by atoms with Gasteiger partial charge in [-0.15, -0.1) is 0 Å². The second kappa shape index (κ2) is 4.91. The molecule has 0 N–H and O–H groups in total. The molecule has 0 unspecified atom stereocenters. The highest BCUT2D eigenvalue weighted by atomic mass is 16.5. The maximum atomic E-state index is 5.64. The molecule has 0 saturated carbocycles. The van der Waals surface area contributed by atoms with E-state index < -0.39 is 0 Å². The van der Waals surface area contributed by atoms with E-state index in [1.165, 1.54) is 0 Å². The van der Waals surface area contributed by atoms with Gasteiger partial charge < -0.3 is 9.47 Å². The smallest absolute Gasteiger partial charge is 0.169 e. The number of fused-ring (bicyclic) bond motifs is 1. The second-order valence-electron chi connectivity index (χ2n) is 3.82. The quantitative estimate of drug-likeness (QED) is 0.566. The zero-order valence-electron chi connectivity index (χ0n) is 9.58. The molecule has 2 heteroatoms. The average Bonchev–Trinajstić information content (AvgIpc) is 2.71. The van der Waals surface area contributed by atoms with Gasteiger partial charge in [-0.1, -0.05) is 25.7 Å². The first-order chi connectivity index (χ1) is 7.85. The summed E-state index contributed by atoms with van der Waals surface area (Å²) in [5, 5.41) is 0. The Morgan fingerprint density at radius 3 is 3.12 bits per heavy atom. The van der Waals surface area contributed by atoms with E-state index in [1.54, 1.807) is 0 Å². The van der Waals surface area contributed by atoms with Crippen molar-refractivity contribution in [1.29, 1.82) is 0 Å². The van der Waals surface area contributed by atoms with Crippen LogP contribution in [0.15, 0.2) is 30.5 Å². The average molecular weight is 216 g/mol. The summed E-state index contributed by atoms with van der Waals surface area (Å²) in [6.45, 7) is 7.13. The van der Waals surface area contributed by atoms with Gasteiger partial charge in [0.2, 0.25) is 0 Å². The van der Waals surface area contributed by atoms with E-state index in [0.717, 1.165) is 42.1 Å². The first-order valence-corrected chi connectivity index (χ1v) is 5.64. The number of rotatable bonds is 4. The van der Waals surface area contributed by atoms with Crippen LogP contribution in [0.4, 0.5) is 0 Å². The Labute approximate surface area is 96.2 Å². The molecule has 2 nitrogen and oxygen atoms in total. The molecule has 16 heavy (non-hydrogen) atoms. The zero-order valence-corrected chi connectivity index (χ0v) is 9.58. The van der Waals surface area contributed by atoms with Crippen molar-refractivity contribution in [2.24, 2.45) is 0 Å². The highest BCUT2D eigenvalue weighted by molar-refractivity contribution is 5.66. The predicted molar refractivity (Wildman–Crippen MR) is 64.2 cm³/mol. The van der Waals surface area contributed by atoms with Gasteiger partial charge in [0.25, 0.3) is 0 Å². The van der Waals surface area contributed by atoms with Gasteiger partial charge in [0.15, 0.2) is 5.76 Å². The molecule has 0 aliphatic carbocycles. The predicted octanol–water partition coefficient (Wildman–Crippen LogP) is 3.52. The van der Waals surface area contributed by atoms with Gasteiger partial charge in [0.1, 0.15) is 12.4 Å². The maximum absolute atomic E-state index is 5.64. The fraction of sp³-hybridized carbons (Fsp3) is 0.357. The summed E-state index contributed by atoms with van der Waals surface area (Å²) in [4.78, 5) is 0. The van der Waals surface area contributed by atoms with E-state index in [4.69, 9.17) is 9.47 Å². The molecule has 0 bridgehead atoms. The minimum absolute atomic E-state index is 0.595. The topological polar surface area (TPSA) is 18.5 Å². The molecule has 1 aliphatic rings. The van der Waals surface area contributed by atoms with E-state index in [-0.39, 0.29) is 0 Å². The lowest BCUT2D eigenvalue weighted by Gasteiger charge is -2.06. The molecule has 0 amide bonds. The van der Waals surface area contributed by atoms with Gasteiger partial charge in [-0.2, -0.15) is 0 Å². The minimum atomic E-state index is 0.595. The maximum Gasteiger partial charge on any atom is 0.169 e. The van der Waals surface area contributed by atoms with Gasteiger partial charge >= 0.3 is 0 Å². The van der Waals surface area contributed by atoms with E-state index in [9.17, 15) is 0 Å². The summed E-state index contributed by atoms with van der Waals surface area (Å²) >= 11 is 0. The van der Waals surface area contributed by atoms with Crippen LogP contribution in [-0.2, 0) is 11.3 Å². The molecule has 0 aromatic heterocycles. The molecular formula is C14H16O2. The Bertz CT molecular complexity index is 428. The number of ether oxygens (including phenoxy) is 2. The van der Waals surface area contributed by atoms with E-state index in [1.807, 2.05) is 18.2 Å². The highest BCUT2D eigenvalue weighted by Gasteiger charge is 2.17. The second-order valence-corrected chi connectivity index (χ2v) is 3.82. The third-order valence-electron chi connectivity index (χ3n) is 2.62. The zero-order chi connectivity index (χ0) is 11.4. The van der Waals surface area contributed by atoms with Crippen LogP contribution < -0.4 is 4.74 Å². The molecule has 1 heterocycles. The Kier molecular flexibility index (Phi) is 3.33. The Balaban J connectivity index is 2.12. The summed E-state index contributed by atoms with van der Waals surface area (Å²) in [6.07, 6.45) is 2.24. The third-order valence-corrected chi connectivity index (χ3v) is 2.62. The molecule has 0 spiro atoms. The van der Waals surface area contributed by atoms with Crippen LogP contribution in [0, 0.1) is 0 Å². The molecule has 0 radical (unpaired) electrons. The van der Waals surface area contributed by atoms with Crippen LogP contribution in [0.5, 0.6) is 5.75 Å². The van der Waals surface area contributed by atoms with Crippen LogP contribution in [0.2, 0.25) is 0 Å². The van der Waals surface area contributed by atoms with Gasteiger partial charge in [0, 0.05) is 11.1 Å². The number of benzene rings is 1. The SMILES string of the molecule is C=C=C1OCc2cc(OCCCC)ccc21. The summed E-state index contributed by atoms with van der Waals surface area (Å²) in [5.74, 6) is 1.66. The number of hydrogen-bond acceptors (Lipinski definition) is 2.